The predicted molar refractivity (Wildman–Crippen MR) is 126 cm³/mol. The summed E-state index contributed by atoms with van der Waals surface area (Å²) in [5.74, 6) is 0.334. The molecule has 152 valence electrons. The number of amides is 1. The van der Waals surface area contributed by atoms with Crippen LogP contribution in [0.4, 0.5) is 11.4 Å². The van der Waals surface area contributed by atoms with Crippen LogP contribution in [-0.2, 0) is 22.7 Å². The van der Waals surface area contributed by atoms with Crippen LogP contribution in [0.25, 0.3) is 0 Å². The molecule has 0 saturated heterocycles. The van der Waals surface area contributed by atoms with Crippen molar-refractivity contribution in [3.63, 3.8) is 0 Å². The lowest BCUT2D eigenvalue weighted by molar-refractivity contribution is -0.119. The van der Waals surface area contributed by atoms with Crippen LogP contribution < -0.4 is 16.4 Å². The van der Waals surface area contributed by atoms with Gasteiger partial charge >= 0.3 is 0 Å². The number of methoxy groups -OCH3 is 1. The highest BCUT2D eigenvalue weighted by molar-refractivity contribution is 14.0. The van der Waals surface area contributed by atoms with E-state index in [-0.39, 0.29) is 35.8 Å². The predicted octanol–water partition coefficient (Wildman–Crippen LogP) is 4.36. The molecule has 0 bridgehead atoms. The summed E-state index contributed by atoms with van der Waals surface area (Å²) in [5.41, 5.74) is 9.63. The van der Waals surface area contributed by atoms with E-state index >= 15 is 0 Å². The smallest absolute Gasteiger partial charge is 0.227 e. The Morgan fingerprint density at radius 1 is 1.18 bits per heavy atom. The number of para-hydroxylation sites is 1. The lowest BCUT2D eigenvalue weighted by Gasteiger charge is -2.12. The molecule has 2 aromatic carbocycles. The summed E-state index contributed by atoms with van der Waals surface area (Å²) < 4.78 is 5.19. The first-order chi connectivity index (χ1) is 13.0. The largest absolute Gasteiger partial charge is 0.380 e. The molecule has 1 unspecified atom stereocenters. The van der Waals surface area contributed by atoms with E-state index in [1.165, 1.54) is 0 Å². The van der Waals surface area contributed by atoms with Gasteiger partial charge in [0, 0.05) is 30.0 Å². The van der Waals surface area contributed by atoms with Crippen LogP contribution in [0.1, 0.15) is 31.4 Å². The van der Waals surface area contributed by atoms with Crippen molar-refractivity contribution in [2.45, 2.75) is 33.4 Å². The number of guanidine groups is 1. The van der Waals surface area contributed by atoms with E-state index in [0.29, 0.717) is 19.1 Å². The standard InChI is InChI=1S/C21H28N4O2.HI/c1-4-15(2)20(26)24-18-10-7-8-16(12-18)13-23-21(22)25-19-11-6-5-9-17(19)14-27-3;/h5-12,15H,4,13-14H2,1-3H3,(H,24,26)(H3,22,23,25);1H. The Morgan fingerprint density at radius 3 is 2.64 bits per heavy atom. The van der Waals surface area contributed by atoms with Crippen molar-refractivity contribution in [3.8, 4) is 0 Å². The molecule has 0 heterocycles. The Hall–Kier alpha value is -2.13. The number of ether oxygens (including phenoxy) is 1. The summed E-state index contributed by atoms with van der Waals surface area (Å²) in [6.07, 6.45) is 0.808. The van der Waals surface area contributed by atoms with E-state index in [1.54, 1.807) is 7.11 Å². The lowest BCUT2D eigenvalue weighted by Crippen LogP contribution is -2.23. The average Bonchev–Trinajstić information content (AvgIpc) is 2.67. The van der Waals surface area contributed by atoms with Crippen LogP contribution in [-0.4, -0.2) is 19.0 Å². The molecule has 0 aliphatic rings. The average molecular weight is 496 g/mol. The maximum absolute atomic E-state index is 12.0. The Labute approximate surface area is 184 Å². The number of rotatable bonds is 8. The van der Waals surface area contributed by atoms with Gasteiger partial charge < -0.3 is 21.1 Å². The molecule has 28 heavy (non-hydrogen) atoms. The molecule has 2 aromatic rings. The number of nitrogens with zero attached hydrogens (tertiary/aromatic N) is 1. The molecule has 0 spiro atoms. The van der Waals surface area contributed by atoms with Crippen molar-refractivity contribution in [2.24, 2.45) is 16.6 Å². The van der Waals surface area contributed by atoms with E-state index in [9.17, 15) is 4.79 Å². The highest BCUT2D eigenvalue weighted by Crippen LogP contribution is 2.16. The molecule has 0 fully saturated rings. The first-order valence-corrected chi connectivity index (χ1v) is 9.07. The number of carbonyl (C=O) groups excluding carboxylic acids is 1. The van der Waals surface area contributed by atoms with Gasteiger partial charge in [-0.15, -0.1) is 24.0 Å². The maximum atomic E-state index is 12.0. The van der Waals surface area contributed by atoms with Crippen molar-refractivity contribution in [2.75, 3.05) is 17.7 Å². The normalized spacial score (nSPS) is 12.0. The summed E-state index contributed by atoms with van der Waals surface area (Å²) in [7, 11) is 1.65. The van der Waals surface area contributed by atoms with Crippen LogP contribution in [0, 0.1) is 5.92 Å². The summed E-state index contributed by atoms with van der Waals surface area (Å²) in [6.45, 7) is 4.82. The van der Waals surface area contributed by atoms with Crippen molar-refractivity contribution in [3.05, 3.63) is 59.7 Å². The van der Waals surface area contributed by atoms with Gasteiger partial charge in [0.2, 0.25) is 5.91 Å². The number of carbonyl (C=O) groups is 1. The fourth-order valence-electron chi connectivity index (χ4n) is 2.48. The first-order valence-electron chi connectivity index (χ1n) is 9.07. The first kappa shape index (κ1) is 23.9. The molecule has 0 aromatic heterocycles. The summed E-state index contributed by atoms with van der Waals surface area (Å²) in [5, 5.41) is 6.05. The van der Waals surface area contributed by atoms with Crippen LogP contribution in [0.3, 0.4) is 0 Å². The number of nitrogens with two attached hydrogens (primary N) is 1. The molecule has 1 atom stereocenters. The Balaban J connectivity index is 0.00000392. The number of halogens is 1. The van der Waals surface area contributed by atoms with E-state index in [2.05, 4.69) is 15.6 Å². The third-order valence-corrected chi connectivity index (χ3v) is 4.27. The highest BCUT2D eigenvalue weighted by atomic mass is 127. The second-order valence-electron chi connectivity index (χ2n) is 6.42. The molecule has 0 saturated carbocycles. The van der Waals surface area contributed by atoms with Gasteiger partial charge in [0.25, 0.3) is 0 Å². The second kappa shape index (κ2) is 12.4. The van der Waals surface area contributed by atoms with Gasteiger partial charge in [0.1, 0.15) is 0 Å². The van der Waals surface area contributed by atoms with Gasteiger partial charge in [-0.2, -0.15) is 0 Å². The zero-order chi connectivity index (χ0) is 19.6. The van der Waals surface area contributed by atoms with Gasteiger partial charge in [-0.1, -0.05) is 44.2 Å². The van der Waals surface area contributed by atoms with Crippen LogP contribution in [0.5, 0.6) is 0 Å². The highest BCUT2D eigenvalue weighted by Gasteiger charge is 2.10. The zero-order valence-electron chi connectivity index (χ0n) is 16.6. The van der Waals surface area contributed by atoms with Gasteiger partial charge in [0.05, 0.1) is 13.2 Å². The van der Waals surface area contributed by atoms with Crippen molar-refractivity contribution in [1.29, 1.82) is 0 Å². The molecule has 2 rings (SSSR count). The topological polar surface area (TPSA) is 88.7 Å². The SMILES string of the molecule is CCC(C)C(=O)Nc1cccc(CN=C(N)Nc2ccccc2COC)c1.I. The van der Waals surface area contributed by atoms with Crippen molar-refractivity contribution < 1.29 is 9.53 Å². The maximum Gasteiger partial charge on any atom is 0.227 e. The minimum atomic E-state index is -0.0151. The van der Waals surface area contributed by atoms with Crippen LogP contribution in [0.2, 0.25) is 0 Å². The van der Waals surface area contributed by atoms with E-state index in [4.69, 9.17) is 10.5 Å². The minimum Gasteiger partial charge on any atom is -0.380 e. The van der Waals surface area contributed by atoms with Gasteiger partial charge in [-0.05, 0) is 30.2 Å². The number of hydrogen-bond donors (Lipinski definition) is 3. The fourth-order valence-corrected chi connectivity index (χ4v) is 2.48. The van der Waals surface area contributed by atoms with Gasteiger partial charge in [0.15, 0.2) is 5.96 Å². The zero-order valence-corrected chi connectivity index (χ0v) is 18.9. The molecule has 4 N–H and O–H groups in total. The number of aliphatic imine (C=N–C) groups is 1. The lowest BCUT2D eigenvalue weighted by atomic mass is 10.1. The monoisotopic (exact) mass is 496 g/mol. The molecule has 6 nitrogen and oxygen atoms in total. The number of nitrogens with one attached hydrogen (secondary N) is 2. The summed E-state index contributed by atoms with van der Waals surface area (Å²) in [4.78, 5) is 16.4. The molecule has 0 aliphatic heterocycles. The van der Waals surface area contributed by atoms with Crippen LogP contribution in [0.15, 0.2) is 53.5 Å². The number of benzene rings is 2. The Morgan fingerprint density at radius 2 is 1.93 bits per heavy atom. The van der Waals surface area contributed by atoms with Crippen molar-refractivity contribution in [1.82, 2.24) is 0 Å². The van der Waals surface area contributed by atoms with E-state index in [0.717, 1.165) is 28.9 Å². The molecule has 0 aliphatic carbocycles. The quantitative estimate of drug-likeness (QED) is 0.288. The fraction of sp³-hybridized carbons (Fsp3) is 0.333. The van der Waals surface area contributed by atoms with Crippen molar-refractivity contribution >= 4 is 47.2 Å². The van der Waals surface area contributed by atoms with E-state index in [1.807, 2.05) is 62.4 Å². The Kier molecular flexibility index (Phi) is 10.5. The summed E-state index contributed by atoms with van der Waals surface area (Å²) in [6, 6.07) is 15.4. The second-order valence-corrected chi connectivity index (χ2v) is 6.42. The molecule has 0 radical (unpaired) electrons. The third kappa shape index (κ3) is 7.47. The number of hydrogen-bond acceptors (Lipinski definition) is 3. The summed E-state index contributed by atoms with van der Waals surface area (Å²) >= 11 is 0. The van der Waals surface area contributed by atoms with Gasteiger partial charge in [-0.3, -0.25) is 4.79 Å². The molecular weight excluding hydrogens is 467 g/mol. The molecule has 1 amide bonds. The molecule has 7 heteroatoms. The third-order valence-electron chi connectivity index (χ3n) is 4.27. The van der Waals surface area contributed by atoms with Gasteiger partial charge in [-0.25, -0.2) is 4.99 Å². The van der Waals surface area contributed by atoms with E-state index < -0.39 is 0 Å². The Bertz CT molecular complexity index is 795. The number of anilines is 2. The minimum absolute atomic E-state index is 0. The van der Waals surface area contributed by atoms with Crippen LogP contribution >= 0.6 is 24.0 Å². The molecular formula is C21H29IN4O2.